The van der Waals surface area contributed by atoms with E-state index >= 15 is 0 Å². The summed E-state index contributed by atoms with van der Waals surface area (Å²) in [6, 6.07) is 30.7. The maximum absolute atomic E-state index is 6.58. The van der Waals surface area contributed by atoms with Crippen LogP contribution in [0.3, 0.4) is 0 Å². The number of rotatable bonds is 19. The quantitative estimate of drug-likeness (QED) is 0.138. The van der Waals surface area contributed by atoms with E-state index in [1.54, 1.807) is 0 Å². The van der Waals surface area contributed by atoms with E-state index in [0.29, 0.717) is 33.0 Å². The zero-order chi connectivity index (χ0) is 28.4. The van der Waals surface area contributed by atoms with Gasteiger partial charge in [0.25, 0.3) is 0 Å². The second-order valence-corrected chi connectivity index (χ2v) is 10.9. The van der Waals surface area contributed by atoms with E-state index in [4.69, 9.17) is 23.7 Å². The van der Waals surface area contributed by atoms with Crippen LogP contribution in [0.1, 0.15) is 75.0 Å². The molecule has 0 unspecified atom stereocenters. The molecular weight excluding hydrogens is 512 g/mol. The number of unbranched alkanes of at least 4 members (excludes halogenated alkanes) is 7. The highest BCUT2D eigenvalue weighted by Crippen LogP contribution is 2.27. The molecule has 1 aliphatic rings. The Morgan fingerprint density at radius 1 is 0.537 bits per heavy atom. The Morgan fingerprint density at radius 3 is 1.54 bits per heavy atom. The van der Waals surface area contributed by atoms with Gasteiger partial charge in [-0.25, -0.2) is 0 Å². The van der Waals surface area contributed by atoms with Crippen molar-refractivity contribution in [2.24, 2.45) is 0 Å². The van der Waals surface area contributed by atoms with Gasteiger partial charge >= 0.3 is 0 Å². The molecule has 1 heterocycles. The average Bonchev–Trinajstić information content (AvgIpc) is 3.03. The summed E-state index contributed by atoms with van der Waals surface area (Å²) in [5.74, 6) is 0. The van der Waals surface area contributed by atoms with E-state index in [0.717, 1.165) is 23.1 Å². The van der Waals surface area contributed by atoms with Crippen molar-refractivity contribution in [3.63, 3.8) is 0 Å². The van der Waals surface area contributed by atoms with Crippen molar-refractivity contribution >= 4 is 0 Å². The summed E-state index contributed by atoms with van der Waals surface area (Å²) < 4.78 is 32.2. The Bertz CT molecular complexity index is 1050. The molecule has 3 aromatic carbocycles. The van der Waals surface area contributed by atoms with Crippen LogP contribution < -0.4 is 0 Å². The topological polar surface area (TPSA) is 46.2 Å². The number of hydrogen-bond acceptors (Lipinski definition) is 5. The van der Waals surface area contributed by atoms with E-state index in [1.807, 2.05) is 54.6 Å². The molecule has 4 rings (SSSR count). The van der Waals surface area contributed by atoms with Gasteiger partial charge in [-0.3, -0.25) is 0 Å². The molecule has 41 heavy (non-hydrogen) atoms. The normalized spacial score (nSPS) is 20.7. The summed E-state index contributed by atoms with van der Waals surface area (Å²) in [5.41, 5.74) is 3.33. The first kappa shape index (κ1) is 31.4. The minimum atomic E-state index is -0.513. The van der Waals surface area contributed by atoms with Gasteiger partial charge in [-0.1, -0.05) is 143 Å². The molecule has 0 aromatic heterocycles. The Kier molecular flexibility index (Phi) is 14.4. The first-order valence-electron chi connectivity index (χ1n) is 15.5. The molecule has 5 heteroatoms. The van der Waals surface area contributed by atoms with E-state index in [9.17, 15) is 0 Å². The van der Waals surface area contributed by atoms with Crippen molar-refractivity contribution in [2.45, 2.75) is 103 Å². The Morgan fingerprint density at radius 2 is 1.00 bits per heavy atom. The van der Waals surface area contributed by atoms with Gasteiger partial charge in [-0.2, -0.15) is 0 Å². The molecule has 0 radical (unpaired) electrons. The van der Waals surface area contributed by atoms with E-state index in [2.05, 4.69) is 43.3 Å². The molecule has 1 aliphatic heterocycles. The molecule has 222 valence electrons. The lowest BCUT2D eigenvalue weighted by atomic mass is 10.0. The van der Waals surface area contributed by atoms with Crippen LogP contribution in [0.2, 0.25) is 0 Å². The van der Waals surface area contributed by atoms with Crippen LogP contribution >= 0.6 is 0 Å². The van der Waals surface area contributed by atoms with Crippen molar-refractivity contribution in [3.8, 4) is 0 Å². The lowest BCUT2D eigenvalue weighted by molar-refractivity contribution is -0.299. The Hall–Kier alpha value is -2.54. The molecule has 5 nitrogen and oxygen atoms in total. The first-order valence-corrected chi connectivity index (χ1v) is 15.5. The SMILES string of the molecule is CCCCCCCCCCO[C@@H]1OC[C@@H](OCc2ccccc2)[C@H](OCc2ccccc2)[C@H]1OCc1ccccc1. The number of hydrogen-bond donors (Lipinski definition) is 0. The highest BCUT2D eigenvalue weighted by Gasteiger charge is 2.43. The van der Waals surface area contributed by atoms with E-state index < -0.39 is 12.4 Å². The summed E-state index contributed by atoms with van der Waals surface area (Å²) in [4.78, 5) is 0. The van der Waals surface area contributed by atoms with Crippen molar-refractivity contribution in [1.29, 1.82) is 0 Å². The molecule has 0 N–H and O–H groups in total. The molecule has 1 saturated heterocycles. The van der Waals surface area contributed by atoms with Gasteiger partial charge in [0, 0.05) is 6.61 Å². The first-order chi connectivity index (χ1) is 20.3. The Balaban J connectivity index is 1.40. The summed E-state index contributed by atoms with van der Waals surface area (Å²) in [5, 5.41) is 0. The lowest BCUT2D eigenvalue weighted by Crippen LogP contribution is -2.56. The van der Waals surface area contributed by atoms with Crippen LogP contribution in [-0.2, 0) is 43.5 Å². The highest BCUT2D eigenvalue weighted by molar-refractivity contribution is 5.15. The van der Waals surface area contributed by atoms with Crippen molar-refractivity contribution in [3.05, 3.63) is 108 Å². The van der Waals surface area contributed by atoms with Crippen LogP contribution in [-0.4, -0.2) is 37.8 Å². The maximum Gasteiger partial charge on any atom is 0.186 e. The van der Waals surface area contributed by atoms with Crippen molar-refractivity contribution < 1.29 is 23.7 Å². The predicted molar refractivity (Wildman–Crippen MR) is 163 cm³/mol. The monoisotopic (exact) mass is 560 g/mol. The standard InChI is InChI=1S/C36H48O5/c1-2-3-4-5-6-7-8-18-25-37-36-35(40-28-32-23-16-11-17-24-32)34(39-27-31-21-14-10-15-22-31)33(29-41-36)38-26-30-19-12-9-13-20-30/h9-17,19-24,33-36H,2-8,18,25-29H2,1H3/t33-,34+,35-,36-/m1/s1. The molecule has 0 amide bonds. The van der Waals surface area contributed by atoms with Gasteiger partial charge in [0.1, 0.15) is 18.3 Å². The summed E-state index contributed by atoms with van der Waals surface area (Å²) in [6.07, 6.45) is 8.48. The summed E-state index contributed by atoms with van der Waals surface area (Å²) >= 11 is 0. The van der Waals surface area contributed by atoms with Gasteiger partial charge in [-0.05, 0) is 23.1 Å². The predicted octanol–water partition coefficient (Wildman–Crippen LogP) is 8.26. The lowest BCUT2D eigenvalue weighted by Gasteiger charge is -2.42. The smallest absolute Gasteiger partial charge is 0.186 e. The third kappa shape index (κ3) is 11.3. The second kappa shape index (κ2) is 18.8. The van der Waals surface area contributed by atoms with Crippen molar-refractivity contribution in [2.75, 3.05) is 13.2 Å². The summed E-state index contributed by atoms with van der Waals surface area (Å²) in [7, 11) is 0. The van der Waals surface area contributed by atoms with Gasteiger partial charge in [0.2, 0.25) is 0 Å². The average molecular weight is 561 g/mol. The van der Waals surface area contributed by atoms with Crippen LogP contribution in [0.5, 0.6) is 0 Å². The van der Waals surface area contributed by atoms with Crippen LogP contribution in [0.25, 0.3) is 0 Å². The largest absolute Gasteiger partial charge is 0.368 e. The van der Waals surface area contributed by atoms with Gasteiger partial charge in [0.15, 0.2) is 6.29 Å². The molecule has 3 aromatic rings. The van der Waals surface area contributed by atoms with Crippen LogP contribution in [0, 0.1) is 0 Å². The fourth-order valence-corrected chi connectivity index (χ4v) is 5.15. The highest BCUT2D eigenvalue weighted by atomic mass is 16.7. The number of benzene rings is 3. The zero-order valence-electron chi connectivity index (χ0n) is 24.7. The van der Waals surface area contributed by atoms with Gasteiger partial charge < -0.3 is 23.7 Å². The van der Waals surface area contributed by atoms with Gasteiger partial charge in [0.05, 0.1) is 26.4 Å². The molecule has 0 aliphatic carbocycles. The molecule has 0 spiro atoms. The van der Waals surface area contributed by atoms with E-state index in [-0.39, 0.29) is 12.2 Å². The Labute approximate surface area is 247 Å². The zero-order valence-corrected chi connectivity index (χ0v) is 24.7. The van der Waals surface area contributed by atoms with Crippen LogP contribution in [0.4, 0.5) is 0 Å². The second-order valence-electron chi connectivity index (χ2n) is 10.9. The summed E-state index contributed by atoms with van der Waals surface area (Å²) in [6.45, 7) is 4.69. The third-order valence-electron chi connectivity index (χ3n) is 7.54. The fraction of sp³-hybridized carbons (Fsp3) is 0.500. The van der Waals surface area contributed by atoms with Gasteiger partial charge in [-0.15, -0.1) is 0 Å². The third-order valence-corrected chi connectivity index (χ3v) is 7.54. The molecule has 0 bridgehead atoms. The molecule has 4 atom stereocenters. The number of ether oxygens (including phenoxy) is 5. The van der Waals surface area contributed by atoms with Crippen molar-refractivity contribution in [1.82, 2.24) is 0 Å². The molecular formula is C36H48O5. The molecule has 1 fully saturated rings. The van der Waals surface area contributed by atoms with Crippen LogP contribution in [0.15, 0.2) is 91.0 Å². The molecule has 0 saturated carbocycles. The maximum atomic E-state index is 6.58. The van der Waals surface area contributed by atoms with E-state index in [1.165, 1.54) is 44.9 Å². The fourth-order valence-electron chi connectivity index (χ4n) is 5.15. The minimum absolute atomic E-state index is 0.289. The minimum Gasteiger partial charge on any atom is -0.368 e.